The van der Waals surface area contributed by atoms with Crippen LogP contribution in [-0.2, 0) is 0 Å². The standard InChI is InChI=1S/C19H19NO2/c1-2-4-18-16(3-1)17-11-14(7-8-19(17)22-18)21-15-9-12-5-6-13(10-15)20-12/h1-4,7-8,11-13,15,20H,5-6,9-10H2. The number of ether oxygens (including phenoxy) is 1. The largest absolute Gasteiger partial charge is 0.490 e. The Morgan fingerprint density at radius 2 is 1.68 bits per heavy atom. The number of piperidine rings is 1. The van der Waals surface area contributed by atoms with Gasteiger partial charge in [0.2, 0.25) is 0 Å². The Kier molecular flexibility index (Phi) is 2.71. The van der Waals surface area contributed by atoms with Crippen molar-refractivity contribution in [1.29, 1.82) is 0 Å². The second-order valence-corrected chi connectivity index (χ2v) is 6.61. The van der Waals surface area contributed by atoms with Gasteiger partial charge in [0, 0.05) is 22.9 Å². The number of benzene rings is 2. The maximum Gasteiger partial charge on any atom is 0.135 e. The number of para-hydroxylation sites is 1. The van der Waals surface area contributed by atoms with Gasteiger partial charge in [0.25, 0.3) is 0 Å². The maximum absolute atomic E-state index is 6.28. The van der Waals surface area contributed by atoms with Gasteiger partial charge >= 0.3 is 0 Å². The summed E-state index contributed by atoms with van der Waals surface area (Å²) in [5, 5.41) is 5.96. The van der Waals surface area contributed by atoms with Crippen molar-refractivity contribution < 1.29 is 9.15 Å². The molecule has 2 unspecified atom stereocenters. The van der Waals surface area contributed by atoms with Gasteiger partial charge in [-0.3, -0.25) is 0 Å². The van der Waals surface area contributed by atoms with E-state index < -0.39 is 0 Å². The van der Waals surface area contributed by atoms with E-state index >= 15 is 0 Å². The van der Waals surface area contributed by atoms with Gasteiger partial charge in [0.15, 0.2) is 0 Å². The lowest BCUT2D eigenvalue weighted by molar-refractivity contribution is 0.137. The van der Waals surface area contributed by atoms with Crippen molar-refractivity contribution in [3.8, 4) is 5.75 Å². The van der Waals surface area contributed by atoms with Crippen LogP contribution in [0.4, 0.5) is 0 Å². The summed E-state index contributed by atoms with van der Waals surface area (Å²) in [5.74, 6) is 0.963. The van der Waals surface area contributed by atoms with Crippen LogP contribution in [0.2, 0.25) is 0 Å². The molecule has 1 aromatic heterocycles. The van der Waals surface area contributed by atoms with E-state index in [9.17, 15) is 0 Å². The number of hydrogen-bond acceptors (Lipinski definition) is 3. The second-order valence-electron chi connectivity index (χ2n) is 6.61. The number of rotatable bonds is 2. The van der Waals surface area contributed by atoms with Crippen LogP contribution in [-0.4, -0.2) is 18.2 Å². The van der Waals surface area contributed by atoms with Crippen molar-refractivity contribution in [3.63, 3.8) is 0 Å². The lowest BCUT2D eigenvalue weighted by atomic mass is 10.0. The van der Waals surface area contributed by atoms with Crippen molar-refractivity contribution in [3.05, 3.63) is 42.5 Å². The maximum atomic E-state index is 6.28. The van der Waals surface area contributed by atoms with E-state index in [2.05, 4.69) is 23.5 Å². The van der Waals surface area contributed by atoms with Crippen LogP contribution in [0.1, 0.15) is 25.7 Å². The SMILES string of the molecule is c1ccc2c(c1)oc1ccc(OC3CC4CCC(C3)N4)cc12. The molecule has 3 aromatic rings. The molecule has 3 heterocycles. The summed E-state index contributed by atoms with van der Waals surface area (Å²) >= 11 is 0. The van der Waals surface area contributed by atoms with Gasteiger partial charge in [-0.15, -0.1) is 0 Å². The van der Waals surface area contributed by atoms with Gasteiger partial charge in [-0.05, 0) is 49.9 Å². The summed E-state index contributed by atoms with van der Waals surface area (Å²) < 4.78 is 12.2. The molecule has 2 fully saturated rings. The highest BCUT2D eigenvalue weighted by Crippen LogP contribution is 2.33. The molecule has 1 N–H and O–H groups in total. The molecule has 0 amide bonds. The minimum absolute atomic E-state index is 0.342. The van der Waals surface area contributed by atoms with Gasteiger partial charge in [0.1, 0.15) is 23.0 Å². The molecule has 0 saturated carbocycles. The van der Waals surface area contributed by atoms with Crippen LogP contribution in [0.25, 0.3) is 21.9 Å². The molecular weight excluding hydrogens is 274 g/mol. The van der Waals surface area contributed by atoms with Crippen molar-refractivity contribution in [1.82, 2.24) is 5.32 Å². The minimum Gasteiger partial charge on any atom is -0.490 e. The highest BCUT2D eigenvalue weighted by atomic mass is 16.5. The fourth-order valence-corrected chi connectivity index (χ4v) is 4.07. The molecule has 0 spiro atoms. The Hall–Kier alpha value is -2.00. The predicted octanol–water partition coefficient (Wildman–Crippen LogP) is 4.25. The minimum atomic E-state index is 0.342. The van der Waals surface area contributed by atoms with E-state index in [1.165, 1.54) is 12.8 Å². The zero-order chi connectivity index (χ0) is 14.5. The van der Waals surface area contributed by atoms with Crippen molar-refractivity contribution in [2.45, 2.75) is 43.9 Å². The first-order chi connectivity index (χ1) is 10.8. The molecule has 2 saturated heterocycles. The zero-order valence-corrected chi connectivity index (χ0v) is 12.4. The van der Waals surface area contributed by atoms with Crippen molar-refractivity contribution in [2.75, 3.05) is 0 Å². The molecule has 3 heteroatoms. The molecule has 0 aliphatic carbocycles. The molecular formula is C19H19NO2. The summed E-state index contributed by atoms with van der Waals surface area (Å²) in [7, 11) is 0. The Balaban J connectivity index is 1.48. The average molecular weight is 293 g/mol. The summed E-state index contributed by atoms with van der Waals surface area (Å²) in [6, 6.07) is 15.7. The van der Waals surface area contributed by atoms with Gasteiger partial charge in [-0.25, -0.2) is 0 Å². The van der Waals surface area contributed by atoms with Crippen LogP contribution < -0.4 is 10.1 Å². The summed E-state index contributed by atoms with van der Waals surface area (Å²) in [6.07, 6.45) is 5.20. The average Bonchev–Trinajstić information content (AvgIpc) is 3.07. The Labute approximate surface area is 129 Å². The first-order valence-corrected chi connectivity index (χ1v) is 8.19. The Morgan fingerprint density at radius 3 is 2.55 bits per heavy atom. The molecule has 2 atom stereocenters. The smallest absolute Gasteiger partial charge is 0.135 e. The molecule has 22 heavy (non-hydrogen) atoms. The van der Waals surface area contributed by atoms with Crippen LogP contribution in [0, 0.1) is 0 Å². The number of fused-ring (bicyclic) bond motifs is 5. The predicted molar refractivity (Wildman–Crippen MR) is 87.3 cm³/mol. The third-order valence-electron chi connectivity index (χ3n) is 5.08. The van der Waals surface area contributed by atoms with Gasteiger partial charge < -0.3 is 14.5 Å². The number of furan rings is 1. The molecule has 2 aliphatic heterocycles. The quantitative estimate of drug-likeness (QED) is 0.767. The van der Waals surface area contributed by atoms with E-state index in [0.717, 1.165) is 40.5 Å². The normalized spacial score (nSPS) is 27.5. The third-order valence-corrected chi connectivity index (χ3v) is 5.08. The van der Waals surface area contributed by atoms with E-state index in [1.807, 2.05) is 24.3 Å². The van der Waals surface area contributed by atoms with Crippen LogP contribution in [0.5, 0.6) is 5.75 Å². The highest BCUT2D eigenvalue weighted by Gasteiger charge is 2.34. The molecule has 5 rings (SSSR count). The number of hydrogen-bond donors (Lipinski definition) is 1. The molecule has 0 radical (unpaired) electrons. The van der Waals surface area contributed by atoms with Crippen LogP contribution >= 0.6 is 0 Å². The number of nitrogens with one attached hydrogen (secondary N) is 1. The topological polar surface area (TPSA) is 34.4 Å². The van der Waals surface area contributed by atoms with E-state index in [0.29, 0.717) is 18.2 Å². The molecule has 112 valence electrons. The second kappa shape index (κ2) is 4.75. The van der Waals surface area contributed by atoms with E-state index in [-0.39, 0.29) is 0 Å². The molecule has 3 nitrogen and oxygen atoms in total. The Morgan fingerprint density at radius 1 is 0.909 bits per heavy atom. The fraction of sp³-hybridized carbons (Fsp3) is 0.368. The molecule has 2 aromatic carbocycles. The summed E-state index contributed by atoms with van der Waals surface area (Å²) in [4.78, 5) is 0. The monoisotopic (exact) mass is 293 g/mol. The Bertz CT molecular complexity index is 826. The first-order valence-electron chi connectivity index (χ1n) is 8.19. The van der Waals surface area contributed by atoms with Gasteiger partial charge in [-0.1, -0.05) is 18.2 Å². The van der Waals surface area contributed by atoms with Gasteiger partial charge in [-0.2, -0.15) is 0 Å². The van der Waals surface area contributed by atoms with E-state index in [4.69, 9.17) is 9.15 Å². The summed E-state index contributed by atoms with van der Waals surface area (Å²) in [6.45, 7) is 0. The lowest BCUT2D eigenvalue weighted by Crippen LogP contribution is -2.42. The van der Waals surface area contributed by atoms with Crippen molar-refractivity contribution >= 4 is 21.9 Å². The summed E-state index contributed by atoms with van der Waals surface area (Å²) in [5.41, 5.74) is 1.87. The fourth-order valence-electron chi connectivity index (χ4n) is 4.07. The molecule has 2 bridgehead atoms. The third kappa shape index (κ3) is 2.00. The lowest BCUT2D eigenvalue weighted by Gasteiger charge is -2.29. The van der Waals surface area contributed by atoms with E-state index in [1.54, 1.807) is 0 Å². The zero-order valence-electron chi connectivity index (χ0n) is 12.4. The van der Waals surface area contributed by atoms with Gasteiger partial charge in [0.05, 0.1) is 0 Å². The first kappa shape index (κ1) is 12.5. The highest BCUT2D eigenvalue weighted by molar-refractivity contribution is 6.05. The van der Waals surface area contributed by atoms with Crippen LogP contribution in [0.3, 0.4) is 0 Å². The van der Waals surface area contributed by atoms with Crippen LogP contribution in [0.15, 0.2) is 46.9 Å². The molecule has 2 aliphatic rings. The van der Waals surface area contributed by atoms with Crippen molar-refractivity contribution in [2.24, 2.45) is 0 Å².